The minimum absolute atomic E-state index is 0.928. The third-order valence-corrected chi connectivity index (χ3v) is 9.30. The van der Waals surface area contributed by atoms with Crippen molar-refractivity contribution < 1.29 is 0 Å². The van der Waals surface area contributed by atoms with Gasteiger partial charge < -0.3 is 0 Å². The SMILES string of the molecule is CC(=Nc1ccccc1C)c1cc(-c2cc(-c3cccnc3)cc(-c3cccnc3)c2)ccc1-c1cc(-c2cccnc2)cc(-c2cccnc2)c1. The summed E-state index contributed by atoms with van der Waals surface area (Å²) < 4.78 is 0. The van der Waals surface area contributed by atoms with Gasteiger partial charge in [-0.15, -0.1) is 0 Å². The molecule has 52 heavy (non-hydrogen) atoms. The summed E-state index contributed by atoms with van der Waals surface area (Å²) in [6.45, 7) is 4.21. The molecule has 5 nitrogen and oxygen atoms in total. The molecule has 248 valence electrons. The molecular formula is C47H35N5. The van der Waals surface area contributed by atoms with E-state index in [0.717, 1.165) is 89.3 Å². The smallest absolute Gasteiger partial charge is 0.0662 e. The fourth-order valence-electron chi connectivity index (χ4n) is 6.58. The van der Waals surface area contributed by atoms with E-state index in [0.29, 0.717) is 0 Å². The maximum atomic E-state index is 5.22. The highest BCUT2D eigenvalue weighted by molar-refractivity contribution is 6.07. The first kappa shape index (κ1) is 32.4. The lowest BCUT2D eigenvalue weighted by Gasteiger charge is -2.17. The topological polar surface area (TPSA) is 63.9 Å². The van der Waals surface area contributed by atoms with Gasteiger partial charge in [0.2, 0.25) is 0 Å². The van der Waals surface area contributed by atoms with Crippen LogP contribution in [0.25, 0.3) is 66.8 Å². The maximum Gasteiger partial charge on any atom is 0.0662 e. The number of aryl methyl sites for hydroxylation is 1. The summed E-state index contributed by atoms with van der Waals surface area (Å²) in [5, 5.41) is 0. The second kappa shape index (κ2) is 14.6. The lowest BCUT2D eigenvalue weighted by molar-refractivity contribution is 1.32. The Morgan fingerprint density at radius 1 is 0.404 bits per heavy atom. The van der Waals surface area contributed by atoms with Gasteiger partial charge in [0.05, 0.1) is 5.69 Å². The van der Waals surface area contributed by atoms with Crippen molar-refractivity contribution >= 4 is 11.4 Å². The number of aliphatic imine (C=N–C) groups is 1. The van der Waals surface area contributed by atoms with Crippen molar-refractivity contribution in [3.63, 3.8) is 0 Å². The van der Waals surface area contributed by atoms with E-state index in [2.05, 4.69) is 131 Å². The normalized spacial score (nSPS) is 11.4. The Kier molecular flexibility index (Phi) is 9.06. The number of hydrogen-bond donors (Lipinski definition) is 0. The van der Waals surface area contributed by atoms with Gasteiger partial charge in [-0.1, -0.05) is 54.6 Å². The predicted octanol–water partition coefficient (Wildman–Crippen LogP) is 11.7. The Morgan fingerprint density at radius 3 is 1.25 bits per heavy atom. The molecule has 4 heterocycles. The Hall–Kier alpha value is -6.85. The molecular weight excluding hydrogens is 635 g/mol. The molecule has 0 saturated carbocycles. The van der Waals surface area contributed by atoms with Gasteiger partial charge in [-0.2, -0.15) is 0 Å². The molecule has 4 aromatic carbocycles. The lowest BCUT2D eigenvalue weighted by atomic mass is 9.88. The van der Waals surface area contributed by atoms with Gasteiger partial charge in [0, 0.05) is 83.1 Å². The summed E-state index contributed by atoms with van der Waals surface area (Å²) in [4.78, 5) is 22.9. The summed E-state index contributed by atoms with van der Waals surface area (Å²) >= 11 is 0. The maximum absolute atomic E-state index is 5.22. The van der Waals surface area contributed by atoms with Crippen LogP contribution < -0.4 is 0 Å². The van der Waals surface area contributed by atoms with E-state index >= 15 is 0 Å². The Balaban J connectivity index is 1.35. The molecule has 0 amide bonds. The highest BCUT2D eigenvalue weighted by atomic mass is 14.7. The first-order valence-corrected chi connectivity index (χ1v) is 17.3. The Labute approximate surface area is 304 Å². The molecule has 0 aliphatic carbocycles. The standard InChI is InChI=1S/C47H35N5/c1-32-9-3-4-14-47(32)52-33(2)46-27-34(39-21-40(35-10-5-17-48-28-35)23-41(22-39)36-11-6-18-49-29-36)15-16-45(46)44-25-42(37-12-7-19-50-30-37)24-43(26-44)38-13-8-20-51-31-38/h3-31H,1-2H3. The molecule has 0 saturated heterocycles. The second-order valence-electron chi connectivity index (χ2n) is 12.8. The number of rotatable bonds is 8. The van der Waals surface area contributed by atoms with Crippen molar-refractivity contribution in [3.05, 3.63) is 188 Å². The van der Waals surface area contributed by atoms with Crippen LogP contribution >= 0.6 is 0 Å². The minimum Gasteiger partial charge on any atom is -0.264 e. The summed E-state index contributed by atoms with van der Waals surface area (Å²) in [7, 11) is 0. The molecule has 0 aliphatic heterocycles. The number of benzene rings is 4. The van der Waals surface area contributed by atoms with Crippen LogP contribution in [-0.2, 0) is 0 Å². The van der Waals surface area contributed by atoms with E-state index in [4.69, 9.17) is 4.99 Å². The fraction of sp³-hybridized carbons (Fsp3) is 0.0426. The number of hydrogen-bond acceptors (Lipinski definition) is 5. The summed E-state index contributed by atoms with van der Waals surface area (Å²) in [5.74, 6) is 0. The largest absolute Gasteiger partial charge is 0.264 e. The molecule has 0 bridgehead atoms. The lowest BCUT2D eigenvalue weighted by Crippen LogP contribution is -2.00. The van der Waals surface area contributed by atoms with Crippen molar-refractivity contribution in [2.75, 3.05) is 0 Å². The number of pyridine rings is 4. The summed E-state index contributed by atoms with van der Waals surface area (Å²) in [6, 6.07) is 44.7. The number of aromatic nitrogens is 4. The molecule has 5 heteroatoms. The van der Waals surface area contributed by atoms with Crippen LogP contribution in [0.5, 0.6) is 0 Å². The van der Waals surface area contributed by atoms with E-state index in [-0.39, 0.29) is 0 Å². The zero-order chi connectivity index (χ0) is 35.3. The van der Waals surface area contributed by atoms with Crippen LogP contribution in [0, 0.1) is 6.92 Å². The van der Waals surface area contributed by atoms with E-state index in [9.17, 15) is 0 Å². The molecule has 0 unspecified atom stereocenters. The molecule has 8 aromatic rings. The van der Waals surface area contributed by atoms with Gasteiger partial charge in [0.1, 0.15) is 0 Å². The van der Waals surface area contributed by atoms with Crippen molar-refractivity contribution in [3.8, 4) is 66.8 Å². The van der Waals surface area contributed by atoms with Gasteiger partial charge in [-0.3, -0.25) is 24.9 Å². The van der Waals surface area contributed by atoms with Crippen molar-refractivity contribution in [2.45, 2.75) is 13.8 Å². The van der Waals surface area contributed by atoms with E-state index < -0.39 is 0 Å². The molecule has 8 rings (SSSR count). The van der Waals surface area contributed by atoms with Crippen LogP contribution in [-0.4, -0.2) is 25.6 Å². The Morgan fingerprint density at radius 2 is 0.827 bits per heavy atom. The van der Waals surface area contributed by atoms with Crippen LogP contribution in [0.4, 0.5) is 5.69 Å². The minimum atomic E-state index is 0.928. The molecule has 4 aromatic heterocycles. The highest BCUT2D eigenvalue weighted by Gasteiger charge is 2.16. The quantitative estimate of drug-likeness (QED) is 0.151. The summed E-state index contributed by atoms with van der Waals surface area (Å²) in [5.41, 5.74) is 17.0. The number of nitrogens with zero attached hydrogens (tertiary/aromatic N) is 5. The van der Waals surface area contributed by atoms with Crippen molar-refractivity contribution in [1.82, 2.24) is 19.9 Å². The van der Waals surface area contributed by atoms with Gasteiger partial charge >= 0.3 is 0 Å². The highest BCUT2D eigenvalue weighted by Crippen LogP contribution is 2.38. The Bertz CT molecular complexity index is 2400. The van der Waals surface area contributed by atoms with Gasteiger partial charge in [-0.25, -0.2) is 0 Å². The molecule has 0 N–H and O–H groups in total. The fourth-order valence-corrected chi connectivity index (χ4v) is 6.58. The molecule has 0 atom stereocenters. The third kappa shape index (κ3) is 6.93. The van der Waals surface area contributed by atoms with Crippen LogP contribution in [0.2, 0.25) is 0 Å². The molecule has 0 spiro atoms. The van der Waals surface area contributed by atoms with Gasteiger partial charge in [0.15, 0.2) is 0 Å². The summed E-state index contributed by atoms with van der Waals surface area (Å²) in [6.07, 6.45) is 14.9. The first-order chi connectivity index (χ1) is 25.6. The predicted molar refractivity (Wildman–Crippen MR) is 213 cm³/mol. The first-order valence-electron chi connectivity index (χ1n) is 17.3. The average molecular weight is 670 g/mol. The van der Waals surface area contributed by atoms with E-state index in [1.165, 1.54) is 0 Å². The van der Waals surface area contributed by atoms with Gasteiger partial charge in [0.25, 0.3) is 0 Å². The van der Waals surface area contributed by atoms with Crippen molar-refractivity contribution in [2.24, 2.45) is 4.99 Å². The van der Waals surface area contributed by atoms with Crippen molar-refractivity contribution in [1.29, 1.82) is 0 Å². The van der Waals surface area contributed by atoms with Crippen LogP contribution in [0.15, 0.2) is 182 Å². The van der Waals surface area contributed by atoms with E-state index in [1.54, 1.807) is 24.8 Å². The zero-order valence-electron chi connectivity index (χ0n) is 29.0. The average Bonchev–Trinajstić information content (AvgIpc) is 3.22. The third-order valence-electron chi connectivity index (χ3n) is 9.30. The van der Waals surface area contributed by atoms with Gasteiger partial charge in [-0.05, 0) is 137 Å². The molecule has 0 fully saturated rings. The van der Waals surface area contributed by atoms with Crippen LogP contribution in [0.3, 0.4) is 0 Å². The second-order valence-corrected chi connectivity index (χ2v) is 12.8. The molecule has 0 radical (unpaired) electrons. The van der Waals surface area contributed by atoms with E-state index in [1.807, 2.05) is 55.1 Å². The van der Waals surface area contributed by atoms with Crippen LogP contribution in [0.1, 0.15) is 18.1 Å². The zero-order valence-corrected chi connectivity index (χ0v) is 29.0. The number of para-hydroxylation sites is 1. The molecule has 0 aliphatic rings. The monoisotopic (exact) mass is 669 g/mol.